The highest BCUT2D eigenvalue weighted by molar-refractivity contribution is 7.92. The minimum atomic E-state index is -3.95. The first-order valence-corrected chi connectivity index (χ1v) is 11.9. The molecule has 1 aliphatic heterocycles. The molecular formula is C23H27FN4O3S. The molecule has 2 aromatic rings. The van der Waals surface area contributed by atoms with E-state index in [9.17, 15) is 22.9 Å². The summed E-state index contributed by atoms with van der Waals surface area (Å²) in [6.45, 7) is 7.87. The number of carbonyl (C=O) groups is 1. The first kappa shape index (κ1) is 23.7. The summed E-state index contributed by atoms with van der Waals surface area (Å²) >= 11 is 0. The Kier molecular flexibility index (Phi) is 7.16. The Morgan fingerprint density at radius 1 is 1.09 bits per heavy atom. The van der Waals surface area contributed by atoms with E-state index in [1.807, 2.05) is 13.8 Å². The van der Waals surface area contributed by atoms with Crippen molar-refractivity contribution in [2.24, 2.45) is 5.92 Å². The van der Waals surface area contributed by atoms with Crippen LogP contribution < -0.4 is 4.72 Å². The Morgan fingerprint density at radius 3 is 2.28 bits per heavy atom. The highest BCUT2D eigenvalue weighted by Gasteiger charge is 2.29. The number of amides is 1. The SMILES string of the molecule is Cc1ccc(S(=O)(=O)Nc2ccc(F)cc2)cc1C(=O)N1CCN(C(C#N)C(C)C)CC1. The normalized spacial score (nSPS) is 15.9. The topological polar surface area (TPSA) is 93.5 Å². The van der Waals surface area contributed by atoms with Gasteiger partial charge in [0.1, 0.15) is 11.9 Å². The number of benzene rings is 2. The van der Waals surface area contributed by atoms with E-state index < -0.39 is 15.8 Å². The third-order valence-corrected chi connectivity index (χ3v) is 6.98. The van der Waals surface area contributed by atoms with Crippen molar-refractivity contribution in [3.8, 4) is 6.07 Å². The monoisotopic (exact) mass is 458 g/mol. The Bertz CT molecular complexity index is 1120. The second kappa shape index (κ2) is 9.67. The van der Waals surface area contributed by atoms with Gasteiger partial charge >= 0.3 is 0 Å². The molecule has 1 fully saturated rings. The van der Waals surface area contributed by atoms with E-state index in [-0.39, 0.29) is 28.4 Å². The van der Waals surface area contributed by atoms with Gasteiger partial charge in [0, 0.05) is 37.4 Å². The number of carbonyl (C=O) groups excluding carboxylic acids is 1. The van der Waals surface area contributed by atoms with Crippen LogP contribution in [0.2, 0.25) is 0 Å². The van der Waals surface area contributed by atoms with Crippen LogP contribution in [0.5, 0.6) is 0 Å². The molecule has 1 aliphatic rings. The van der Waals surface area contributed by atoms with Gasteiger partial charge in [0.15, 0.2) is 0 Å². The number of nitrogens with zero attached hydrogens (tertiary/aromatic N) is 3. The van der Waals surface area contributed by atoms with E-state index >= 15 is 0 Å². The molecule has 0 bridgehead atoms. The predicted molar refractivity (Wildman–Crippen MR) is 120 cm³/mol. The summed E-state index contributed by atoms with van der Waals surface area (Å²) in [5, 5.41) is 9.41. The lowest BCUT2D eigenvalue weighted by Crippen LogP contribution is -2.52. The zero-order chi connectivity index (χ0) is 23.5. The van der Waals surface area contributed by atoms with Crippen molar-refractivity contribution in [2.45, 2.75) is 31.7 Å². The fourth-order valence-corrected chi connectivity index (χ4v) is 4.84. The molecule has 0 aliphatic carbocycles. The molecule has 9 heteroatoms. The van der Waals surface area contributed by atoms with Crippen molar-refractivity contribution in [1.82, 2.24) is 9.80 Å². The average Bonchev–Trinajstić information content (AvgIpc) is 2.75. The maximum absolute atomic E-state index is 13.2. The van der Waals surface area contributed by atoms with Gasteiger partial charge in [-0.2, -0.15) is 5.26 Å². The molecule has 170 valence electrons. The number of hydrogen-bond donors (Lipinski definition) is 1. The van der Waals surface area contributed by atoms with Crippen LogP contribution in [-0.4, -0.2) is 56.3 Å². The fourth-order valence-electron chi connectivity index (χ4n) is 3.76. The van der Waals surface area contributed by atoms with Crippen LogP contribution >= 0.6 is 0 Å². The van der Waals surface area contributed by atoms with Gasteiger partial charge in [0.2, 0.25) is 0 Å². The van der Waals surface area contributed by atoms with Crippen molar-refractivity contribution >= 4 is 21.6 Å². The number of nitrogens with one attached hydrogen (secondary N) is 1. The van der Waals surface area contributed by atoms with Gasteiger partial charge < -0.3 is 4.90 Å². The van der Waals surface area contributed by atoms with Crippen LogP contribution in [0, 0.1) is 30.0 Å². The summed E-state index contributed by atoms with van der Waals surface area (Å²) in [6.07, 6.45) is 0. The van der Waals surface area contributed by atoms with Gasteiger partial charge in [-0.1, -0.05) is 19.9 Å². The van der Waals surface area contributed by atoms with Gasteiger partial charge in [0.05, 0.1) is 11.0 Å². The van der Waals surface area contributed by atoms with E-state index in [1.54, 1.807) is 17.9 Å². The van der Waals surface area contributed by atoms with E-state index in [4.69, 9.17) is 0 Å². The molecule has 0 aromatic heterocycles. The number of nitriles is 1. The number of sulfonamides is 1. The molecule has 1 amide bonds. The van der Waals surface area contributed by atoms with Gasteiger partial charge in [-0.25, -0.2) is 12.8 Å². The molecule has 1 heterocycles. The fraction of sp³-hybridized carbons (Fsp3) is 0.391. The molecule has 0 radical (unpaired) electrons. The summed E-state index contributed by atoms with van der Waals surface area (Å²) in [6, 6.07) is 11.6. The van der Waals surface area contributed by atoms with Crippen LogP contribution in [0.3, 0.4) is 0 Å². The van der Waals surface area contributed by atoms with E-state index in [2.05, 4.69) is 15.7 Å². The van der Waals surface area contributed by atoms with E-state index in [1.165, 1.54) is 24.3 Å². The van der Waals surface area contributed by atoms with Crippen LogP contribution in [-0.2, 0) is 10.0 Å². The van der Waals surface area contributed by atoms with Crippen LogP contribution in [0.1, 0.15) is 29.8 Å². The van der Waals surface area contributed by atoms with E-state index in [0.717, 1.165) is 12.1 Å². The third kappa shape index (κ3) is 5.26. The molecule has 0 saturated carbocycles. The number of piperazine rings is 1. The zero-order valence-electron chi connectivity index (χ0n) is 18.4. The first-order valence-electron chi connectivity index (χ1n) is 10.4. The number of halogens is 1. The van der Waals surface area contributed by atoms with Gasteiger partial charge in [-0.3, -0.25) is 14.4 Å². The van der Waals surface area contributed by atoms with Crippen LogP contribution in [0.15, 0.2) is 47.4 Å². The quantitative estimate of drug-likeness (QED) is 0.717. The zero-order valence-corrected chi connectivity index (χ0v) is 19.2. The maximum atomic E-state index is 13.2. The summed E-state index contributed by atoms with van der Waals surface area (Å²) in [5.41, 5.74) is 1.23. The molecule has 3 rings (SSSR count). The number of rotatable bonds is 6. The van der Waals surface area contributed by atoms with Crippen molar-refractivity contribution in [1.29, 1.82) is 5.26 Å². The largest absolute Gasteiger partial charge is 0.336 e. The standard InChI is InChI=1S/C23H27FN4O3S/c1-16(2)22(15-25)27-10-12-28(13-11-27)23(29)21-14-20(9-4-17(21)3)32(30,31)26-19-7-5-18(24)6-8-19/h4-9,14,16,22,26H,10-13H2,1-3H3. The summed E-state index contributed by atoms with van der Waals surface area (Å²) in [4.78, 5) is 16.9. The van der Waals surface area contributed by atoms with Gasteiger partial charge in [0.25, 0.3) is 15.9 Å². The Balaban J connectivity index is 1.76. The average molecular weight is 459 g/mol. The van der Waals surface area contributed by atoms with Crippen molar-refractivity contribution in [2.75, 3.05) is 30.9 Å². The summed E-state index contributed by atoms with van der Waals surface area (Å²) in [5.74, 6) is -0.509. The molecule has 1 unspecified atom stereocenters. The molecule has 1 N–H and O–H groups in total. The van der Waals surface area contributed by atoms with Crippen LogP contribution in [0.4, 0.5) is 10.1 Å². The smallest absolute Gasteiger partial charge is 0.261 e. The molecule has 0 spiro atoms. The second-order valence-corrected chi connectivity index (χ2v) is 9.92. The van der Waals surface area contributed by atoms with Crippen molar-refractivity contribution in [3.63, 3.8) is 0 Å². The predicted octanol–water partition coefficient (Wildman–Crippen LogP) is 3.24. The minimum Gasteiger partial charge on any atom is -0.336 e. The van der Waals surface area contributed by atoms with Crippen LogP contribution in [0.25, 0.3) is 0 Å². The molecule has 7 nitrogen and oxygen atoms in total. The molecule has 2 aromatic carbocycles. The van der Waals surface area contributed by atoms with Gasteiger partial charge in [-0.15, -0.1) is 0 Å². The highest BCUT2D eigenvalue weighted by Crippen LogP contribution is 2.22. The lowest BCUT2D eigenvalue weighted by atomic mass is 10.0. The molecular weight excluding hydrogens is 431 g/mol. The maximum Gasteiger partial charge on any atom is 0.261 e. The lowest BCUT2D eigenvalue weighted by molar-refractivity contribution is 0.0576. The van der Waals surface area contributed by atoms with Crippen molar-refractivity contribution in [3.05, 3.63) is 59.4 Å². The Labute approximate surface area is 188 Å². The Hall–Kier alpha value is -2.96. The molecule has 1 saturated heterocycles. The number of aryl methyl sites for hydroxylation is 1. The summed E-state index contributed by atoms with van der Waals surface area (Å²) < 4.78 is 41.1. The Morgan fingerprint density at radius 2 is 1.72 bits per heavy atom. The van der Waals surface area contributed by atoms with Gasteiger partial charge in [-0.05, 0) is 54.8 Å². The molecule has 32 heavy (non-hydrogen) atoms. The lowest BCUT2D eigenvalue weighted by Gasteiger charge is -2.38. The number of anilines is 1. The summed E-state index contributed by atoms with van der Waals surface area (Å²) in [7, 11) is -3.95. The second-order valence-electron chi connectivity index (χ2n) is 8.24. The number of hydrogen-bond acceptors (Lipinski definition) is 5. The highest BCUT2D eigenvalue weighted by atomic mass is 32.2. The van der Waals surface area contributed by atoms with Crippen molar-refractivity contribution < 1.29 is 17.6 Å². The minimum absolute atomic E-state index is 0.0428. The molecule has 1 atom stereocenters. The third-order valence-electron chi connectivity index (χ3n) is 5.60. The first-order chi connectivity index (χ1) is 15.1. The van der Waals surface area contributed by atoms with E-state index in [0.29, 0.717) is 37.3 Å².